The Labute approximate surface area is 109 Å². The van der Waals surface area contributed by atoms with Gasteiger partial charge in [0.25, 0.3) is 5.91 Å². The van der Waals surface area contributed by atoms with Gasteiger partial charge in [-0.2, -0.15) is 5.10 Å². The van der Waals surface area contributed by atoms with Crippen LogP contribution in [0.4, 0.5) is 4.39 Å². The van der Waals surface area contributed by atoms with Crippen molar-refractivity contribution in [2.75, 3.05) is 14.1 Å². The van der Waals surface area contributed by atoms with E-state index >= 15 is 0 Å². The highest BCUT2D eigenvalue weighted by molar-refractivity contribution is 5.91. The average Bonchev–Trinajstić information content (AvgIpc) is 2.86. The molecule has 1 aromatic carbocycles. The quantitative estimate of drug-likeness (QED) is 0.787. The van der Waals surface area contributed by atoms with Crippen molar-refractivity contribution >= 4 is 12.2 Å². The summed E-state index contributed by atoms with van der Waals surface area (Å²) in [5.74, 6) is -0.833. The van der Waals surface area contributed by atoms with Crippen LogP contribution in [0.15, 0.2) is 30.5 Å². The molecule has 6 heteroatoms. The molecule has 1 heterocycles. The van der Waals surface area contributed by atoms with E-state index in [1.807, 2.05) is 0 Å². The third kappa shape index (κ3) is 2.52. The predicted molar refractivity (Wildman–Crippen MR) is 66.9 cm³/mol. The highest BCUT2D eigenvalue weighted by Crippen LogP contribution is 2.14. The van der Waals surface area contributed by atoms with E-state index in [4.69, 9.17) is 0 Å². The van der Waals surface area contributed by atoms with Crippen molar-refractivity contribution in [2.45, 2.75) is 0 Å². The van der Waals surface area contributed by atoms with Gasteiger partial charge in [0.2, 0.25) is 0 Å². The van der Waals surface area contributed by atoms with Crippen LogP contribution < -0.4 is 0 Å². The second-order valence-corrected chi connectivity index (χ2v) is 4.17. The van der Waals surface area contributed by atoms with Crippen molar-refractivity contribution in [2.24, 2.45) is 0 Å². The van der Waals surface area contributed by atoms with Crippen LogP contribution in [0.5, 0.6) is 0 Å². The van der Waals surface area contributed by atoms with E-state index in [1.165, 1.54) is 34.0 Å². The SMILES string of the molecule is CN(C)C(=O)c1ccn(-c2ccc(C=O)cc2F)n1. The zero-order valence-electron chi connectivity index (χ0n) is 10.5. The first-order valence-electron chi connectivity index (χ1n) is 5.55. The third-order valence-corrected chi connectivity index (χ3v) is 2.57. The van der Waals surface area contributed by atoms with E-state index in [9.17, 15) is 14.0 Å². The molecule has 0 spiro atoms. The van der Waals surface area contributed by atoms with Gasteiger partial charge in [-0.1, -0.05) is 0 Å². The average molecular weight is 261 g/mol. The molecule has 0 atom stereocenters. The summed E-state index contributed by atoms with van der Waals surface area (Å²) in [5.41, 5.74) is 0.658. The predicted octanol–water partition coefficient (Wildman–Crippen LogP) is 1.53. The minimum Gasteiger partial charge on any atom is -0.343 e. The lowest BCUT2D eigenvalue weighted by Crippen LogP contribution is -2.22. The van der Waals surface area contributed by atoms with Crippen molar-refractivity contribution in [1.82, 2.24) is 14.7 Å². The van der Waals surface area contributed by atoms with Gasteiger partial charge >= 0.3 is 0 Å². The Kier molecular flexibility index (Phi) is 3.41. The summed E-state index contributed by atoms with van der Waals surface area (Å²) in [6, 6.07) is 5.56. The van der Waals surface area contributed by atoms with Crippen LogP contribution in [0.25, 0.3) is 5.69 Å². The molecule has 0 radical (unpaired) electrons. The Morgan fingerprint density at radius 3 is 2.68 bits per heavy atom. The maximum absolute atomic E-state index is 13.8. The van der Waals surface area contributed by atoms with E-state index in [0.29, 0.717) is 6.29 Å². The highest BCUT2D eigenvalue weighted by Gasteiger charge is 2.13. The fourth-order valence-corrected chi connectivity index (χ4v) is 1.58. The van der Waals surface area contributed by atoms with Gasteiger partial charge < -0.3 is 4.90 Å². The van der Waals surface area contributed by atoms with E-state index in [1.54, 1.807) is 14.1 Å². The van der Waals surface area contributed by atoms with Crippen LogP contribution in [0.3, 0.4) is 0 Å². The lowest BCUT2D eigenvalue weighted by Gasteiger charge is -2.07. The molecule has 0 N–H and O–H groups in total. The van der Waals surface area contributed by atoms with Gasteiger partial charge in [-0.3, -0.25) is 9.59 Å². The normalized spacial score (nSPS) is 10.3. The number of nitrogens with zero attached hydrogens (tertiary/aromatic N) is 3. The Hall–Kier alpha value is -2.50. The molecular weight excluding hydrogens is 249 g/mol. The molecule has 0 bridgehead atoms. The third-order valence-electron chi connectivity index (χ3n) is 2.57. The molecular formula is C13H12FN3O2. The largest absolute Gasteiger partial charge is 0.343 e. The van der Waals surface area contributed by atoms with E-state index < -0.39 is 5.82 Å². The number of carbonyl (C=O) groups excluding carboxylic acids is 2. The Morgan fingerprint density at radius 1 is 1.37 bits per heavy atom. The lowest BCUT2D eigenvalue weighted by molar-refractivity contribution is 0.0821. The second-order valence-electron chi connectivity index (χ2n) is 4.17. The lowest BCUT2D eigenvalue weighted by atomic mass is 10.2. The molecule has 19 heavy (non-hydrogen) atoms. The number of carbonyl (C=O) groups is 2. The van der Waals surface area contributed by atoms with Crippen molar-refractivity contribution in [3.8, 4) is 5.69 Å². The Bertz CT molecular complexity index is 635. The zero-order chi connectivity index (χ0) is 14.0. The monoisotopic (exact) mass is 261 g/mol. The number of hydrogen-bond donors (Lipinski definition) is 0. The van der Waals surface area contributed by atoms with Crippen molar-refractivity contribution in [1.29, 1.82) is 0 Å². The summed E-state index contributed by atoms with van der Waals surface area (Å²) in [6.45, 7) is 0. The molecule has 5 nitrogen and oxygen atoms in total. The van der Waals surface area contributed by atoms with Crippen LogP contribution in [0.2, 0.25) is 0 Å². The summed E-state index contributed by atoms with van der Waals surface area (Å²) >= 11 is 0. The molecule has 0 fully saturated rings. The minimum atomic E-state index is -0.573. The number of rotatable bonds is 3. The van der Waals surface area contributed by atoms with Crippen LogP contribution >= 0.6 is 0 Å². The molecule has 98 valence electrons. The molecule has 0 unspecified atom stereocenters. The Balaban J connectivity index is 2.38. The number of hydrogen-bond acceptors (Lipinski definition) is 3. The first-order valence-corrected chi connectivity index (χ1v) is 5.55. The van der Waals surface area contributed by atoms with Gasteiger partial charge in [0.15, 0.2) is 5.69 Å². The Morgan fingerprint density at radius 2 is 2.11 bits per heavy atom. The standard InChI is InChI=1S/C13H12FN3O2/c1-16(2)13(19)11-5-6-17(15-11)12-4-3-9(8-18)7-10(12)14/h3-8H,1-2H3. The number of benzene rings is 1. The van der Waals surface area contributed by atoms with Crippen LogP contribution in [-0.4, -0.2) is 41.0 Å². The number of aromatic nitrogens is 2. The molecule has 1 aromatic heterocycles. The minimum absolute atomic E-state index is 0.184. The molecule has 0 saturated heterocycles. The fraction of sp³-hybridized carbons (Fsp3) is 0.154. The molecule has 2 rings (SSSR count). The zero-order valence-corrected chi connectivity index (χ0v) is 10.5. The van der Waals surface area contributed by atoms with Crippen LogP contribution in [0.1, 0.15) is 20.8 Å². The second kappa shape index (κ2) is 5.01. The van der Waals surface area contributed by atoms with E-state index in [0.717, 1.165) is 6.07 Å². The smallest absolute Gasteiger partial charge is 0.273 e. The van der Waals surface area contributed by atoms with Gasteiger partial charge in [-0.25, -0.2) is 9.07 Å². The summed E-state index contributed by atoms with van der Waals surface area (Å²) in [7, 11) is 3.22. The van der Waals surface area contributed by atoms with Crippen molar-refractivity contribution < 1.29 is 14.0 Å². The molecule has 0 aliphatic heterocycles. The van der Waals surface area contributed by atoms with Crippen molar-refractivity contribution in [3.63, 3.8) is 0 Å². The van der Waals surface area contributed by atoms with Crippen LogP contribution in [0, 0.1) is 5.82 Å². The van der Waals surface area contributed by atoms with Crippen molar-refractivity contribution in [3.05, 3.63) is 47.5 Å². The molecule has 1 amide bonds. The number of amides is 1. The summed E-state index contributed by atoms with van der Waals surface area (Å²) < 4.78 is 15.0. The van der Waals surface area contributed by atoms with Gasteiger partial charge in [0.1, 0.15) is 17.8 Å². The maximum Gasteiger partial charge on any atom is 0.273 e. The number of halogens is 1. The van der Waals surface area contributed by atoms with Gasteiger partial charge in [0, 0.05) is 25.9 Å². The highest BCUT2D eigenvalue weighted by atomic mass is 19.1. The molecule has 0 aliphatic rings. The van der Waals surface area contributed by atoms with E-state index in [2.05, 4.69) is 5.10 Å². The molecule has 2 aromatic rings. The van der Waals surface area contributed by atoms with Gasteiger partial charge in [0.05, 0.1) is 0 Å². The molecule has 0 saturated carbocycles. The summed E-state index contributed by atoms with van der Waals surface area (Å²) in [5, 5.41) is 4.02. The van der Waals surface area contributed by atoms with E-state index in [-0.39, 0.29) is 22.9 Å². The van der Waals surface area contributed by atoms with Gasteiger partial charge in [-0.15, -0.1) is 0 Å². The van der Waals surface area contributed by atoms with Gasteiger partial charge in [-0.05, 0) is 24.3 Å². The summed E-state index contributed by atoms with van der Waals surface area (Å²) in [6.07, 6.45) is 2.06. The topological polar surface area (TPSA) is 55.2 Å². The first kappa shape index (κ1) is 12.9. The van der Waals surface area contributed by atoms with Crippen LogP contribution in [-0.2, 0) is 0 Å². The maximum atomic E-state index is 13.8. The first-order chi connectivity index (χ1) is 9.02. The fourth-order valence-electron chi connectivity index (χ4n) is 1.58. The number of aldehydes is 1. The molecule has 0 aliphatic carbocycles. The summed E-state index contributed by atoms with van der Waals surface area (Å²) in [4.78, 5) is 23.6.